The molecule has 0 atom stereocenters. The minimum atomic E-state index is -0.741. The van der Waals surface area contributed by atoms with Gasteiger partial charge in [0.1, 0.15) is 11.5 Å². The van der Waals surface area contributed by atoms with Crippen LogP contribution in [-0.2, 0) is 7.05 Å². The third kappa shape index (κ3) is 3.45. The minimum Gasteiger partial charge on any atom is -0.389 e. The molecule has 1 aromatic heterocycles. The molecule has 0 aliphatic carbocycles. The van der Waals surface area contributed by atoms with Crippen LogP contribution in [0.4, 0.5) is 11.5 Å². The van der Waals surface area contributed by atoms with Gasteiger partial charge in [0.25, 0.3) is 5.56 Å². The number of nitrogens with one attached hydrogen (secondary N) is 1. The van der Waals surface area contributed by atoms with Gasteiger partial charge in [-0.1, -0.05) is 0 Å². The van der Waals surface area contributed by atoms with E-state index in [1.165, 1.54) is 11.6 Å². The van der Waals surface area contributed by atoms with E-state index in [9.17, 15) is 14.7 Å². The van der Waals surface area contributed by atoms with Crippen molar-refractivity contribution >= 4 is 11.5 Å². The van der Waals surface area contributed by atoms with Gasteiger partial charge >= 0.3 is 5.69 Å². The average molecular weight is 297 g/mol. The predicted molar refractivity (Wildman–Crippen MR) is 81.7 cm³/mol. The molecule has 4 N–H and O–H groups in total. The molecule has 21 heavy (non-hydrogen) atoms. The smallest absolute Gasteiger partial charge is 0.329 e. The summed E-state index contributed by atoms with van der Waals surface area (Å²) in [5.74, 6) is 0.180. The molecular weight excluding hydrogens is 274 g/mol. The first-order valence-corrected chi connectivity index (χ1v) is 6.97. The second-order valence-corrected chi connectivity index (χ2v) is 6.13. The minimum absolute atomic E-state index is 0.180. The van der Waals surface area contributed by atoms with Gasteiger partial charge in [0.2, 0.25) is 0 Å². The van der Waals surface area contributed by atoms with Crippen LogP contribution in [0.2, 0.25) is 0 Å². The van der Waals surface area contributed by atoms with E-state index in [0.29, 0.717) is 25.3 Å². The number of β-amino-alcohol motifs (C(OH)–C–C–N with tert-alkyl or cyclic N) is 1. The third-order valence-corrected chi connectivity index (χ3v) is 3.64. The number of rotatable bonds is 3. The van der Waals surface area contributed by atoms with Crippen molar-refractivity contribution in [3.05, 3.63) is 20.8 Å². The predicted octanol–water partition coefficient (Wildman–Crippen LogP) is -1.45. The zero-order valence-corrected chi connectivity index (χ0v) is 12.7. The van der Waals surface area contributed by atoms with E-state index in [-0.39, 0.29) is 5.82 Å². The van der Waals surface area contributed by atoms with Gasteiger partial charge in [-0.3, -0.25) is 19.2 Å². The highest BCUT2D eigenvalue weighted by Crippen LogP contribution is 2.18. The van der Waals surface area contributed by atoms with Crippen molar-refractivity contribution in [1.82, 2.24) is 14.5 Å². The van der Waals surface area contributed by atoms with Crippen molar-refractivity contribution < 1.29 is 5.11 Å². The number of piperazine rings is 1. The number of hydrogen-bond donors (Lipinski definition) is 3. The lowest BCUT2D eigenvalue weighted by Gasteiger charge is -2.38. The molecule has 0 amide bonds. The molecule has 8 nitrogen and oxygen atoms in total. The molecule has 1 aliphatic rings. The van der Waals surface area contributed by atoms with Gasteiger partial charge < -0.3 is 15.7 Å². The first-order chi connectivity index (χ1) is 9.69. The normalized spacial score (nSPS) is 17.2. The number of H-pyrrole nitrogens is 1. The standard InChI is InChI=1S/C13H23N5O3/c1-13(2,21)8-17-4-6-18(7-5-17)9-10(14)16(3)12(20)15-11(9)19/h21H,4-8,14H2,1-3H3,(H,15,19,20). The van der Waals surface area contributed by atoms with Crippen LogP contribution in [-0.4, -0.2) is 57.9 Å². The molecule has 1 aliphatic heterocycles. The number of hydrogen-bond acceptors (Lipinski definition) is 6. The second-order valence-electron chi connectivity index (χ2n) is 6.13. The summed E-state index contributed by atoms with van der Waals surface area (Å²) in [6, 6.07) is 0. The fourth-order valence-electron chi connectivity index (χ4n) is 2.61. The lowest BCUT2D eigenvalue weighted by atomic mass is 10.1. The molecule has 0 radical (unpaired) electrons. The quantitative estimate of drug-likeness (QED) is 0.630. The topological polar surface area (TPSA) is 108 Å². The van der Waals surface area contributed by atoms with Crippen LogP contribution in [0.25, 0.3) is 0 Å². The molecule has 118 valence electrons. The Hall–Kier alpha value is -1.80. The number of nitrogen functional groups attached to an aromatic ring is 1. The Morgan fingerprint density at radius 1 is 1.24 bits per heavy atom. The van der Waals surface area contributed by atoms with E-state index in [2.05, 4.69) is 9.88 Å². The van der Waals surface area contributed by atoms with Gasteiger partial charge in [-0.05, 0) is 13.8 Å². The molecule has 0 aromatic carbocycles. The highest BCUT2D eigenvalue weighted by atomic mass is 16.3. The van der Waals surface area contributed by atoms with Gasteiger partial charge in [0.15, 0.2) is 0 Å². The van der Waals surface area contributed by atoms with Crippen LogP contribution in [0.3, 0.4) is 0 Å². The number of aromatic amines is 1. The Labute approximate surface area is 122 Å². The Bertz CT molecular complexity index is 620. The molecule has 0 bridgehead atoms. The molecule has 2 heterocycles. The van der Waals surface area contributed by atoms with Gasteiger partial charge in [-0.15, -0.1) is 0 Å². The Kier molecular flexibility index (Phi) is 4.11. The maximum Gasteiger partial charge on any atom is 0.329 e. The Morgan fingerprint density at radius 2 is 1.81 bits per heavy atom. The fourth-order valence-corrected chi connectivity index (χ4v) is 2.61. The number of aliphatic hydroxyl groups is 1. The molecule has 2 rings (SSSR count). The average Bonchev–Trinajstić information content (AvgIpc) is 2.36. The van der Waals surface area contributed by atoms with Gasteiger partial charge in [-0.25, -0.2) is 4.79 Å². The summed E-state index contributed by atoms with van der Waals surface area (Å²) >= 11 is 0. The van der Waals surface area contributed by atoms with Crippen molar-refractivity contribution in [3.63, 3.8) is 0 Å². The summed E-state index contributed by atoms with van der Waals surface area (Å²) < 4.78 is 1.24. The Balaban J connectivity index is 2.15. The number of anilines is 2. The lowest BCUT2D eigenvalue weighted by Crippen LogP contribution is -2.52. The molecule has 0 saturated carbocycles. The third-order valence-electron chi connectivity index (χ3n) is 3.64. The zero-order valence-electron chi connectivity index (χ0n) is 12.7. The van der Waals surface area contributed by atoms with Crippen molar-refractivity contribution in [1.29, 1.82) is 0 Å². The van der Waals surface area contributed by atoms with E-state index in [0.717, 1.165) is 13.1 Å². The van der Waals surface area contributed by atoms with Crippen molar-refractivity contribution in [2.75, 3.05) is 43.4 Å². The SMILES string of the molecule is Cn1c(N)c(N2CCN(CC(C)(C)O)CC2)c(=O)[nH]c1=O. The van der Waals surface area contributed by atoms with Crippen LogP contribution >= 0.6 is 0 Å². The second kappa shape index (κ2) is 5.53. The first-order valence-electron chi connectivity index (χ1n) is 6.97. The molecule has 8 heteroatoms. The van der Waals surface area contributed by atoms with E-state index in [1.807, 2.05) is 4.90 Å². The van der Waals surface area contributed by atoms with E-state index >= 15 is 0 Å². The zero-order chi connectivity index (χ0) is 15.8. The van der Waals surface area contributed by atoms with Gasteiger partial charge in [0.05, 0.1) is 5.60 Å². The summed E-state index contributed by atoms with van der Waals surface area (Å²) in [7, 11) is 1.53. The first kappa shape index (κ1) is 15.6. The monoisotopic (exact) mass is 297 g/mol. The molecule has 1 saturated heterocycles. The van der Waals surface area contributed by atoms with Crippen molar-refractivity contribution in [2.24, 2.45) is 7.05 Å². The van der Waals surface area contributed by atoms with E-state index < -0.39 is 16.9 Å². The summed E-state index contributed by atoms with van der Waals surface area (Å²) in [5, 5.41) is 9.84. The number of aromatic nitrogens is 2. The molecule has 0 spiro atoms. The number of nitrogens with two attached hydrogens (primary N) is 1. The van der Waals surface area contributed by atoms with Crippen LogP contribution in [0.15, 0.2) is 9.59 Å². The maximum atomic E-state index is 12.0. The summed E-state index contributed by atoms with van der Waals surface area (Å²) in [6.07, 6.45) is 0. The van der Waals surface area contributed by atoms with Crippen LogP contribution in [0.5, 0.6) is 0 Å². The van der Waals surface area contributed by atoms with Crippen LogP contribution in [0.1, 0.15) is 13.8 Å². The van der Waals surface area contributed by atoms with Crippen LogP contribution in [0, 0.1) is 0 Å². The summed E-state index contributed by atoms with van der Waals surface area (Å²) in [6.45, 7) is 6.84. The molecule has 0 unspecified atom stereocenters. The molecule has 1 fully saturated rings. The van der Waals surface area contributed by atoms with E-state index in [1.54, 1.807) is 13.8 Å². The Morgan fingerprint density at radius 3 is 2.33 bits per heavy atom. The summed E-state index contributed by atoms with van der Waals surface area (Å²) in [4.78, 5) is 29.8. The summed E-state index contributed by atoms with van der Waals surface area (Å²) in [5.41, 5.74) is 4.54. The fraction of sp³-hybridized carbons (Fsp3) is 0.692. The van der Waals surface area contributed by atoms with Crippen molar-refractivity contribution in [2.45, 2.75) is 19.4 Å². The largest absolute Gasteiger partial charge is 0.389 e. The molecular formula is C13H23N5O3. The van der Waals surface area contributed by atoms with Gasteiger partial charge in [-0.2, -0.15) is 0 Å². The van der Waals surface area contributed by atoms with E-state index in [4.69, 9.17) is 5.73 Å². The van der Waals surface area contributed by atoms with Gasteiger partial charge in [0, 0.05) is 39.8 Å². The van der Waals surface area contributed by atoms with Crippen molar-refractivity contribution in [3.8, 4) is 0 Å². The highest BCUT2D eigenvalue weighted by molar-refractivity contribution is 5.62. The molecule has 1 aromatic rings. The maximum absolute atomic E-state index is 12.0. The highest BCUT2D eigenvalue weighted by Gasteiger charge is 2.25. The number of nitrogens with zero attached hydrogens (tertiary/aromatic N) is 3. The lowest BCUT2D eigenvalue weighted by molar-refractivity contribution is 0.0345. The van der Waals surface area contributed by atoms with Crippen LogP contribution < -0.4 is 21.9 Å².